The van der Waals surface area contributed by atoms with Crippen LogP contribution in [-0.2, 0) is 9.59 Å². The van der Waals surface area contributed by atoms with Crippen molar-refractivity contribution in [3.63, 3.8) is 0 Å². The van der Waals surface area contributed by atoms with Gasteiger partial charge in [0, 0.05) is 13.1 Å². The summed E-state index contributed by atoms with van der Waals surface area (Å²) in [6, 6.07) is -0.581. The Morgan fingerprint density at radius 3 is 2.24 bits per heavy atom. The highest BCUT2D eigenvalue weighted by atomic mass is 16.4. The number of rotatable bonds is 2. The van der Waals surface area contributed by atoms with Gasteiger partial charge in [0.15, 0.2) is 0 Å². The van der Waals surface area contributed by atoms with Gasteiger partial charge in [-0.3, -0.25) is 9.59 Å². The second-order valence-corrected chi connectivity index (χ2v) is 6.01. The Balaban J connectivity index is 2.71. The molecular weight excluding hydrogens is 220 g/mol. The number of carbonyl (C=O) groups is 2. The molecule has 0 spiro atoms. The van der Waals surface area contributed by atoms with Crippen molar-refractivity contribution >= 4 is 11.9 Å². The summed E-state index contributed by atoms with van der Waals surface area (Å²) >= 11 is 0. The molecule has 0 saturated carbocycles. The highest BCUT2D eigenvalue weighted by Gasteiger charge is 2.40. The largest absolute Gasteiger partial charge is 0.481 e. The Morgan fingerprint density at radius 2 is 1.88 bits per heavy atom. The molecule has 1 fully saturated rings. The lowest BCUT2D eigenvalue weighted by Crippen LogP contribution is -2.49. The molecule has 1 amide bonds. The summed E-state index contributed by atoms with van der Waals surface area (Å²) in [7, 11) is 0. The SMILES string of the molecule is CC1CN(C(=O)[C@@H](N)C(C)(C)C)CC1C(=O)O. The topological polar surface area (TPSA) is 83.6 Å². The Morgan fingerprint density at radius 1 is 1.35 bits per heavy atom. The van der Waals surface area contributed by atoms with Gasteiger partial charge in [0.05, 0.1) is 12.0 Å². The van der Waals surface area contributed by atoms with E-state index in [-0.39, 0.29) is 23.8 Å². The van der Waals surface area contributed by atoms with Crippen molar-refractivity contribution in [3.8, 4) is 0 Å². The lowest BCUT2D eigenvalue weighted by Gasteiger charge is -2.29. The first-order chi connectivity index (χ1) is 7.64. The summed E-state index contributed by atoms with van der Waals surface area (Å²) in [6.45, 7) is 8.34. The smallest absolute Gasteiger partial charge is 0.308 e. The summed E-state index contributed by atoms with van der Waals surface area (Å²) < 4.78 is 0. The van der Waals surface area contributed by atoms with Crippen LogP contribution < -0.4 is 5.73 Å². The van der Waals surface area contributed by atoms with Crippen molar-refractivity contribution in [2.24, 2.45) is 23.0 Å². The first-order valence-electron chi connectivity index (χ1n) is 5.91. The molecule has 0 aliphatic carbocycles. The Kier molecular flexibility index (Phi) is 3.81. The van der Waals surface area contributed by atoms with Crippen molar-refractivity contribution in [3.05, 3.63) is 0 Å². The molecule has 98 valence electrons. The third-order valence-corrected chi connectivity index (χ3v) is 3.44. The van der Waals surface area contributed by atoms with E-state index in [2.05, 4.69) is 0 Å². The minimum atomic E-state index is -0.836. The third-order valence-electron chi connectivity index (χ3n) is 3.44. The predicted octanol–water partition coefficient (Wildman–Crippen LogP) is 0.539. The fraction of sp³-hybridized carbons (Fsp3) is 0.833. The molecule has 2 unspecified atom stereocenters. The Bertz CT molecular complexity index is 322. The predicted molar refractivity (Wildman–Crippen MR) is 64.3 cm³/mol. The quantitative estimate of drug-likeness (QED) is 0.740. The summed E-state index contributed by atoms with van der Waals surface area (Å²) in [5.41, 5.74) is 5.60. The van der Waals surface area contributed by atoms with Crippen molar-refractivity contribution in [2.75, 3.05) is 13.1 Å². The summed E-state index contributed by atoms with van der Waals surface area (Å²) in [5.74, 6) is -1.46. The molecule has 17 heavy (non-hydrogen) atoms. The van der Waals surface area contributed by atoms with Crippen LogP contribution in [0.4, 0.5) is 0 Å². The van der Waals surface area contributed by atoms with E-state index in [0.717, 1.165) is 0 Å². The number of carboxylic acids is 1. The minimum Gasteiger partial charge on any atom is -0.481 e. The van der Waals surface area contributed by atoms with Gasteiger partial charge in [0.2, 0.25) is 5.91 Å². The molecule has 0 aromatic rings. The molecule has 5 heteroatoms. The second kappa shape index (κ2) is 4.64. The van der Waals surface area contributed by atoms with Crippen molar-refractivity contribution in [1.82, 2.24) is 4.90 Å². The summed E-state index contributed by atoms with van der Waals surface area (Å²) in [5, 5.41) is 9.01. The van der Waals surface area contributed by atoms with E-state index in [1.165, 1.54) is 0 Å². The standard InChI is InChI=1S/C12H22N2O3/c1-7-5-14(6-8(7)11(16)17)10(15)9(13)12(2,3)4/h7-9H,5-6,13H2,1-4H3,(H,16,17)/t7?,8?,9-/m1/s1. The van der Waals surface area contributed by atoms with Gasteiger partial charge in [-0.25, -0.2) is 0 Å². The summed E-state index contributed by atoms with van der Waals surface area (Å²) in [6.07, 6.45) is 0. The maximum Gasteiger partial charge on any atom is 0.308 e. The molecular formula is C12H22N2O3. The fourth-order valence-electron chi connectivity index (χ4n) is 2.04. The molecule has 0 radical (unpaired) electrons. The van der Waals surface area contributed by atoms with Gasteiger partial charge in [-0.2, -0.15) is 0 Å². The zero-order chi connectivity index (χ0) is 13.4. The number of hydrogen-bond acceptors (Lipinski definition) is 3. The van der Waals surface area contributed by atoms with E-state index in [4.69, 9.17) is 10.8 Å². The average molecular weight is 242 g/mol. The van der Waals surface area contributed by atoms with Crippen molar-refractivity contribution in [2.45, 2.75) is 33.7 Å². The maximum atomic E-state index is 12.1. The van der Waals surface area contributed by atoms with Crippen LogP contribution in [0.2, 0.25) is 0 Å². The average Bonchev–Trinajstić information content (AvgIpc) is 2.56. The molecule has 0 aromatic heterocycles. The molecule has 5 nitrogen and oxygen atoms in total. The molecule has 1 heterocycles. The number of carbonyl (C=O) groups excluding carboxylic acids is 1. The highest BCUT2D eigenvalue weighted by molar-refractivity contribution is 5.84. The van der Waals surface area contributed by atoms with E-state index in [1.54, 1.807) is 4.90 Å². The highest BCUT2D eigenvalue weighted by Crippen LogP contribution is 2.26. The van der Waals surface area contributed by atoms with Gasteiger partial charge in [-0.15, -0.1) is 0 Å². The van der Waals surface area contributed by atoms with Gasteiger partial charge in [0.25, 0.3) is 0 Å². The van der Waals surface area contributed by atoms with E-state index < -0.39 is 17.9 Å². The van der Waals surface area contributed by atoms with Crippen LogP contribution in [0.15, 0.2) is 0 Å². The molecule has 3 atom stereocenters. The first kappa shape index (κ1) is 14.0. The normalized spacial score (nSPS) is 27.0. The minimum absolute atomic E-state index is 0.0105. The number of likely N-dealkylation sites (tertiary alicyclic amines) is 1. The van der Waals surface area contributed by atoms with Crippen LogP contribution in [-0.4, -0.2) is 41.0 Å². The van der Waals surface area contributed by atoms with Crippen LogP contribution in [0, 0.1) is 17.3 Å². The number of nitrogens with zero attached hydrogens (tertiary/aromatic N) is 1. The van der Waals surface area contributed by atoms with Crippen LogP contribution >= 0.6 is 0 Å². The molecule has 0 bridgehead atoms. The van der Waals surface area contributed by atoms with E-state index in [0.29, 0.717) is 6.54 Å². The van der Waals surface area contributed by atoms with Crippen molar-refractivity contribution in [1.29, 1.82) is 0 Å². The van der Waals surface area contributed by atoms with E-state index in [1.807, 2.05) is 27.7 Å². The van der Waals surface area contributed by atoms with Crippen LogP contribution in [0.5, 0.6) is 0 Å². The van der Waals surface area contributed by atoms with E-state index in [9.17, 15) is 9.59 Å². The monoisotopic (exact) mass is 242 g/mol. The molecule has 1 saturated heterocycles. The number of carboxylic acid groups (broad SMARTS) is 1. The van der Waals surface area contributed by atoms with Gasteiger partial charge in [-0.1, -0.05) is 27.7 Å². The van der Waals surface area contributed by atoms with E-state index >= 15 is 0 Å². The third kappa shape index (κ3) is 2.97. The van der Waals surface area contributed by atoms with Crippen LogP contribution in [0.3, 0.4) is 0 Å². The van der Waals surface area contributed by atoms with Gasteiger partial charge in [0.1, 0.15) is 0 Å². The van der Waals surface area contributed by atoms with Crippen LogP contribution in [0.1, 0.15) is 27.7 Å². The number of aliphatic carboxylic acids is 1. The molecule has 1 aliphatic rings. The first-order valence-corrected chi connectivity index (χ1v) is 5.91. The zero-order valence-corrected chi connectivity index (χ0v) is 10.9. The van der Waals surface area contributed by atoms with Crippen molar-refractivity contribution < 1.29 is 14.7 Å². The lowest BCUT2D eigenvalue weighted by molar-refractivity contribution is -0.142. The Labute approximate surface area is 102 Å². The molecule has 1 aliphatic heterocycles. The molecule has 3 N–H and O–H groups in total. The van der Waals surface area contributed by atoms with Gasteiger partial charge >= 0.3 is 5.97 Å². The maximum absolute atomic E-state index is 12.1. The van der Waals surface area contributed by atoms with Gasteiger partial charge < -0.3 is 15.7 Å². The number of nitrogens with two attached hydrogens (primary N) is 1. The lowest BCUT2D eigenvalue weighted by atomic mass is 9.86. The number of amides is 1. The second-order valence-electron chi connectivity index (χ2n) is 6.01. The fourth-order valence-corrected chi connectivity index (χ4v) is 2.04. The molecule has 1 rings (SSSR count). The number of hydrogen-bond donors (Lipinski definition) is 2. The van der Waals surface area contributed by atoms with Crippen LogP contribution in [0.25, 0.3) is 0 Å². The van der Waals surface area contributed by atoms with Gasteiger partial charge in [-0.05, 0) is 11.3 Å². The Hall–Kier alpha value is -1.10. The zero-order valence-electron chi connectivity index (χ0n) is 10.9. The summed E-state index contributed by atoms with van der Waals surface area (Å²) in [4.78, 5) is 24.7. The molecule has 0 aromatic carbocycles.